The monoisotopic (exact) mass is 253 g/mol. The van der Waals surface area contributed by atoms with E-state index in [-0.39, 0.29) is 16.7 Å². The molecule has 1 heterocycles. The first-order chi connectivity index (χ1) is 8.04. The Balaban J connectivity index is 2.79. The summed E-state index contributed by atoms with van der Waals surface area (Å²) in [6, 6.07) is 4.34. The Kier molecular flexibility index (Phi) is 2.98. The Morgan fingerprint density at radius 3 is 2.76 bits per heavy atom. The second kappa shape index (κ2) is 4.30. The molecule has 0 saturated carbocycles. The first-order valence-electron chi connectivity index (χ1n) is 4.88. The number of hydrogen-bond donors (Lipinski definition) is 0. The summed E-state index contributed by atoms with van der Waals surface area (Å²) in [5, 5.41) is 1.33. The van der Waals surface area contributed by atoms with Crippen molar-refractivity contribution < 1.29 is 13.9 Å². The summed E-state index contributed by atoms with van der Waals surface area (Å²) in [5.74, 6) is -0.951. The lowest BCUT2D eigenvalue weighted by Crippen LogP contribution is -2.05. The highest BCUT2D eigenvalue weighted by Gasteiger charge is 2.13. The van der Waals surface area contributed by atoms with Gasteiger partial charge in [-0.1, -0.05) is 11.6 Å². The fourth-order valence-electron chi connectivity index (χ4n) is 1.61. The van der Waals surface area contributed by atoms with E-state index in [0.29, 0.717) is 16.3 Å². The number of esters is 1. The third kappa shape index (κ3) is 1.96. The molecular weight excluding hydrogens is 245 g/mol. The summed E-state index contributed by atoms with van der Waals surface area (Å²) in [6.45, 7) is 1.62. The average Bonchev–Trinajstić information content (AvgIpc) is 2.33. The van der Waals surface area contributed by atoms with Gasteiger partial charge in [-0.25, -0.2) is 14.2 Å². The number of rotatable bonds is 1. The van der Waals surface area contributed by atoms with Crippen molar-refractivity contribution in [1.82, 2.24) is 4.98 Å². The zero-order chi connectivity index (χ0) is 12.6. The van der Waals surface area contributed by atoms with Gasteiger partial charge in [0.2, 0.25) is 0 Å². The first-order valence-corrected chi connectivity index (χ1v) is 5.26. The van der Waals surface area contributed by atoms with Crippen LogP contribution in [-0.2, 0) is 4.74 Å². The minimum atomic E-state index is -0.600. The number of aromatic nitrogens is 1. The molecule has 88 valence electrons. The molecule has 0 bridgehead atoms. The lowest BCUT2D eigenvalue weighted by atomic mass is 10.1. The van der Waals surface area contributed by atoms with Crippen LogP contribution >= 0.6 is 11.6 Å². The van der Waals surface area contributed by atoms with E-state index in [2.05, 4.69) is 9.72 Å². The van der Waals surface area contributed by atoms with Crippen molar-refractivity contribution in [3.63, 3.8) is 0 Å². The van der Waals surface area contributed by atoms with Crippen LogP contribution in [0.15, 0.2) is 18.2 Å². The van der Waals surface area contributed by atoms with Gasteiger partial charge < -0.3 is 4.74 Å². The molecule has 1 aromatic carbocycles. The van der Waals surface area contributed by atoms with Crippen molar-refractivity contribution in [2.75, 3.05) is 7.11 Å². The van der Waals surface area contributed by atoms with Gasteiger partial charge in [0.05, 0.1) is 7.11 Å². The van der Waals surface area contributed by atoms with E-state index >= 15 is 0 Å². The van der Waals surface area contributed by atoms with Crippen molar-refractivity contribution in [2.24, 2.45) is 0 Å². The Labute approximate surface area is 102 Å². The van der Waals surface area contributed by atoms with Gasteiger partial charge in [-0.2, -0.15) is 0 Å². The first kappa shape index (κ1) is 11.8. The van der Waals surface area contributed by atoms with Gasteiger partial charge in [-0.15, -0.1) is 0 Å². The van der Waals surface area contributed by atoms with Crippen LogP contribution in [0.5, 0.6) is 0 Å². The molecule has 0 atom stereocenters. The summed E-state index contributed by atoms with van der Waals surface area (Å²) in [4.78, 5) is 15.3. The van der Waals surface area contributed by atoms with Crippen LogP contribution in [0.1, 0.15) is 16.1 Å². The molecule has 0 N–H and O–H groups in total. The molecule has 1 aromatic heterocycles. The molecule has 0 radical (unpaired) electrons. The second-order valence-electron chi connectivity index (χ2n) is 3.56. The second-order valence-corrected chi connectivity index (χ2v) is 3.92. The predicted molar refractivity (Wildman–Crippen MR) is 62.8 cm³/mol. The SMILES string of the molecule is COC(=O)c1cc2c(C)c(F)ccc2c(Cl)n1. The summed E-state index contributed by atoms with van der Waals surface area (Å²) >= 11 is 5.95. The molecule has 0 unspecified atom stereocenters. The number of nitrogens with zero attached hydrogens (tertiary/aromatic N) is 1. The maximum Gasteiger partial charge on any atom is 0.356 e. The summed E-state index contributed by atoms with van der Waals surface area (Å²) < 4.78 is 18.0. The molecule has 0 amide bonds. The minimum absolute atomic E-state index is 0.0682. The van der Waals surface area contributed by atoms with Crippen molar-refractivity contribution >= 4 is 28.3 Å². The highest BCUT2D eigenvalue weighted by molar-refractivity contribution is 6.34. The summed E-state index contributed by atoms with van der Waals surface area (Å²) in [5.41, 5.74) is 0.496. The molecule has 5 heteroatoms. The molecule has 0 aliphatic carbocycles. The van der Waals surface area contributed by atoms with E-state index < -0.39 is 5.97 Å². The Morgan fingerprint density at radius 2 is 2.12 bits per heavy atom. The maximum atomic E-state index is 13.4. The number of benzene rings is 1. The van der Waals surface area contributed by atoms with E-state index in [1.54, 1.807) is 6.92 Å². The van der Waals surface area contributed by atoms with E-state index in [4.69, 9.17) is 11.6 Å². The lowest BCUT2D eigenvalue weighted by molar-refractivity contribution is 0.0594. The van der Waals surface area contributed by atoms with Gasteiger partial charge in [0, 0.05) is 5.39 Å². The minimum Gasteiger partial charge on any atom is -0.464 e. The summed E-state index contributed by atoms with van der Waals surface area (Å²) in [7, 11) is 1.25. The van der Waals surface area contributed by atoms with Crippen LogP contribution in [0, 0.1) is 12.7 Å². The quantitative estimate of drug-likeness (QED) is 0.579. The van der Waals surface area contributed by atoms with Gasteiger partial charge in [-0.3, -0.25) is 0 Å². The van der Waals surface area contributed by atoms with Crippen LogP contribution in [0.3, 0.4) is 0 Å². The highest BCUT2D eigenvalue weighted by atomic mass is 35.5. The molecule has 0 fully saturated rings. The molecule has 3 nitrogen and oxygen atoms in total. The highest BCUT2D eigenvalue weighted by Crippen LogP contribution is 2.27. The van der Waals surface area contributed by atoms with Gasteiger partial charge >= 0.3 is 5.97 Å². The van der Waals surface area contributed by atoms with E-state index in [1.807, 2.05) is 0 Å². The lowest BCUT2D eigenvalue weighted by Gasteiger charge is -2.07. The van der Waals surface area contributed by atoms with E-state index in [9.17, 15) is 9.18 Å². The van der Waals surface area contributed by atoms with Crippen LogP contribution in [0.4, 0.5) is 4.39 Å². The maximum absolute atomic E-state index is 13.4. The largest absolute Gasteiger partial charge is 0.464 e. The van der Waals surface area contributed by atoms with E-state index in [0.717, 1.165) is 0 Å². The number of methoxy groups -OCH3 is 1. The standard InChI is InChI=1S/C12H9ClFNO2/c1-6-8-5-10(12(16)17-2)15-11(13)7(8)3-4-9(6)14/h3-5H,1-2H3. The zero-order valence-electron chi connectivity index (χ0n) is 9.25. The molecule has 0 aliphatic heterocycles. The fraction of sp³-hybridized carbons (Fsp3) is 0.167. The Hall–Kier alpha value is -1.68. The molecule has 0 saturated heterocycles. The van der Waals surface area contributed by atoms with Gasteiger partial charge in [-0.05, 0) is 36.1 Å². The topological polar surface area (TPSA) is 39.2 Å². The molecular formula is C12H9ClFNO2. The third-order valence-electron chi connectivity index (χ3n) is 2.57. The molecule has 17 heavy (non-hydrogen) atoms. The van der Waals surface area contributed by atoms with E-state index in [1.165, 1.54) is 25.3 Å². The molecule has 2 aromatic rings. The van der Waals surface area contributed by atoms with Crippen molar-refractivity contribution in [3.8, 4) is 0 Å². The van der Waals surface area contributed by atoms with Gasteiger partial charge in [0.25, 0.3) is 0 Å². The number of pyridine rings is 1. The molecule has 2 rings (SSSR count). The van der Waals surface area contributed by atoms with Gasteiger partial charge in [0.15, 0.2) is 5.69 Å². The number of hydrogen-bond acceptors (Lipinski definition) is 3. The normalized spacial score (nSPS) is 10.6. The number of halogens is 2. The Morgan fingerprint density at radius 1 is 1.41 bits per heavy atom. The predicted octanol–water partition coefficient (Wildman–Crippen LogP) is 3.12. The van der Waals surface area contributed by atoms with Gasteiger partial charge in [0.1, 0.15) is 11.0 Å². The number of carbonyl (C=O) groups excluding carboxylic acids is 1. The average molecular weight is 254 g/mol. The fourth-order valence-corrected chi connectivity index (χ4v) is 1.87. The third-order valence-corrected chi connectivity index (χ3v) is 2.85. The van der Waals surface area contributed by atoms with Crippen molar-refractivity contribution in [3.05, 3.63) is 40.4 Å². The van der Waals surface area contributed by atoms with Crippen molar-refractivity contribution in [2.45, 2.75) is 6.92 Å². The van der Waals surface area contributed by atoms with Crippen LogP contribution in [-0.4, -0.2) is 18.1 Å². The number of carbonyl (C=O) groups is 1. The Bertz CT molecular complexity index is 613. The van der Waals surface area contributed by atoms with Crippen LogP contribution in [0.2, 0.25) is 5.15 Å². The number of ether oxygens (including phenoxy) is 1. The smallest absolute Gasteiger partial charge is 0.356 e. The van der Waals surface area contributed by atoms with Crippen LogP contribution in [0.25, 0.3) is 10.8 Å². The van der Waals surface area contributed by atoms with Crippen molar-refractivity contribution in [1.29, 1.82) is 0 Å². The molecule has 0 spiro atoms. The zero-order valence-corrected chi connectivity index (χ0v) is 10.0. The van der Waals surface area contributed by atoms with Crippen LogP contribution < -0.4 is 0 Å². The number of fused-ring (bicyclic) bond motifs is 1. The summed E-state index contributed by atoms with van der Waals surface area (Å²) in [6.07, 6.45) is 0. The molecule has 0 aliphatic rings. The number of aryl methyl sites for hydroxylation is 1.